The number of piperidine rings is 1. The number of nitrogens with one attached hydrogen (secondary N) is 1. The van der Waals surface area contributed by atoms with E-state index in [1.165, 1.54) is 12.0 Å². The summed E-state index contributed by atoms with van der Waals surface area (Å²) >= 11 is 0. The van der Waals surface area contributed by atoms with Gasteiger partial charge >= 0.3 is 11.9 Å². The molecule has 432 valence electrons. The van der Waals surface area contributed by atoms with Gasteiger partial charge in [-0.05, 0) is 107 Å². The van der Waals surface area contributed by atoms with E-state index in [-0.39, 0.29) is 67.3 Å². The van der Waals surface area contributed by atoms with Gasteiger partial charge in [-0.2, -0.15) is 0 Å². The van der Waals surface area contributed by atoms with Gasteiger partial charge in [-0.15, -0.1) is 0 Å². The molecule has 1 amide bonds. The average molecular weight is 1100 g/mol. The molecule has 15 atom stereocenters. The van der Waals surface area contributed by atoms with Crippen molar-refractivity contribution in [1.29, 1.82) is 0 Å². The van der Waals surface area contributed by atoms with Gasteiger partial charge in [0.25, 0.3) is 11.7 Å². The van der Waals surface area contributed by atoms with Crippen molar-refractivity contribution in [1.82, 2.24) is 4.90 Å². The van der Waals surface area contributed by atoms with Crippen molar-refractivity contribution in [3.8, 4) is 0 Å². The van der Waals surface area contributed by atoms with Crippen LogP contribution in [0.15, 0.2) is 47.6 Å². The summed E-state index contributed by atoms with van der Waals surface area (Å²) in [4.78, 5) is 85.9. The Labute approximate surface area is 451 Å². The number of fused-ring (bicyclic) bond motifs is 3. The predicted octanol–water partition coefficient (Wildman–Crippen LogP) is 4.04. The van der Waals surface area contributed by atoms with Gasteiger partial charge in [0.2, 0.25) is 5.79 Å². The number of ketones is 3. The van der Waals surface area contributed by atoms with Crippen LogP contribution in [-0.4, -0.2) is 173 Å². The largest absolute Gasteiger partial charge is 0.748 e. The molecule has 2 saturated heterocycles. The zero-order valence-corrected chi connectivity index (χ0v) is 48.1. The molecule has 2 bridgehead atoms. The average Bonchev–Trinajstić information content (AvgIpc) is 3.35. The lowest BCUT2D eigenvalue weighted by atomic mass is 9.78. The van der Waals surface area contributed by atoms with Gasteiger partial charge < -0.3 is 53.0 Å². The minimum atomic E-state index is -3.92. The van der Waals surface area contributed by atoms with E-state index in [2.05, 4.69) is 0 Å². The number of likely N-dealkylation sites (N-methyl/N-ethyl adjacent to an activating group) is 1. The summed E-state index contributed by atoms with van der Waals surface area (Å²) in [6.07, 6.45) is 11.7. The molecule has 0 aromatic heterocycles. The first-order chi connectivity index (χ1) is 35.5. The van der Waals surface area contributed by atoms with Crippen LogP contribution in [0.4, 0.5) is 0 Å². The van der Waals surface area contributed by atoms with Gasteiger partial charge in [-0.1, -0.05) is 71.1 Å². The third kappa shape index (κ3) is 20.3. The number of amides is 1. The third-order valence-corrected chi connectivity index (χ3v) is 15.2. The first kappa shape index (κ1) is 66.3. The van der Waals surface area contributed by atoms with E-state index in [0.29, 0.717) is 76.0 Å². The van der Waals surface area contributed by atoms with Crippen molar-refractivity contribution in [2.24, 2.45) is 35.5 Å². The lowest BCUT2D eigenvalue weighted by molar-refractivity contribution is -0.850. The standard InChI is InChI=1S/C55H86N2O14.CH4O3S/c1-33-18-14-13-15-19-34(2)45(66-10)30-41-23-21-39(7)55(65,71-41)52(62)53(63)57-25-17-16-20-42(57)54(64)70-46(31-43(58)35(3)27-38(6)50(61)51(68-12)49(60)37(5)26-33)36(4)28-40-22-24-44(47(29-40)67-11)69-48(59)32-56(8)9;1-5(2,3)4/h13-15,18-19,27,33,35-37,39-42,44-47,50-51,61,65H,16-17,20-26,28-32H2,1-12H3;1H3,(H,2,3,4)/b15-13+,18-14-,34-19+,38-27+;/t33-,35-,36-,37-,39-,40+,41+,42+,44-,45+,46+,47-,50-,51+,55-;/m1./s1. The summed E-state index contributed by atoms with van der Waals surface area (Å²) in [6.45, 7) is 12.9. The number of rotatable bonds is 9. The molecule has 3 fully saturated rings. The smallest absolute Gasteiger partial charge is 0.362 e. The van der Waals surface area contributed by atoms with E-state index in [1.807, 2.05) is 72.2 Å². The number of carbonyl (C=O) groups excluding carboxylic acids is 6. The minimum Gasteiger partial charge on any atom is -0.748 e. The molecule has 4 rings (SSSR count). The molecule has 0 aromatic carbocycles. The summed E-state index contributed by atoms with van der Waals surface area (Å²) < 4.78 is 62.8. The highest BCUT2D eigenvalue weighted by atomic mass is 32.2. The van der Waals surface area contributed by atoms with Crippen LogP contribution in [0, 0.1) is 35.5 Å². The first-order valence-corrected chi connectivity index (χ1v) is 28.7. The normalized spacial score (nSPS) is 36.2. The molecule has 19 nitrogen and oxygen atoms in total. The molecule has 4 aliphatic rings. The molecule has 1 saturated carbocycles. The SMILES string of the molecule is CO[C@H]1C[C@@H]2CC[C@@H](C)[C@@](O)(O2)C(=O)C(=O)N2CCCC[C@H]2C(=O)O[C@H]([C@H](C)C[C@@H]2CC[C@@H](OC(=O)C[NH+](C)C)[C@H](OC)C2)CC(=O)[C@H](C)/C=C(\C)[C@@H](O)[C@@H](OC)C(=O)[C@H](C)C[C@H](C)\C=C/C=C/C=C/1C.CS(=O)(=O)[O-]. The number of esters is 2. The number of quaternary nitrogens is 1. The van der Waals surface area contributed by atoms with E-state index in [4.69, 9.17) is 41.4 Å². The van der Waals surface area contributed by atoms with Gasteiger partial charge in [0.1, 0.15) is 36.2 Å². The second-order valence-corrected chi connectivity index (χ2v) is 23.5. The highest BCUT2D eigenvalue weighted by molar-refractivity contribution is 7.84. The molecule has 0 spiro atoms. The maximum absolute atomic E-state index is 14.5. The Balaban J connectivity index is 0.00000290. The van der Waals surface area contributed by atoms with Crippen molar-refractivity contribution in [3.63, 3.8) is 0 Å². The molecular weight excluding hydrogens is 1000 g/mol. The van der Waals surface area contributed by atoms with E-state index >= 15 is 0 Å². The zero-order chi connectivity index (χ0) is 57.2. The van der Waals surface area contributed by atoms with Crippen molar-refractivity contribution >= 4 is 45.3 Å². The fraction of sp³-hybridized carbons (Fsp3) is 0.750. The highest BCUT2D eigenvalue weighted by Crippen LogP contribution is 2.38. The van der Waals surface area contributed by atoms with Crippen LogP contribution in [-0.2, 0) is 67.3 Å². The van der Waals surface area contributed by atoms with E-state index < -0.39 is 94.0 Å². The highest BCUT2D eigenvalue weighted by Gasteiger charge is 2.53. The number of aliphatic hydroxyl groups is 2. The summed E-state index contributed by atoms with van der Waals surface area (Å²) in [7, 11) is 4.37. The number of carbonyl (C=O) groups is 6. The predicted molar refractivity (Wildman–Crippen MR) is 282 cm³/mol. The lowest BCUT2D eigenvalue weighted by Crippen LogP contribution is -3.06. The molecule has 0 unspecified atom stereocenters. The number of aliphatic hydroxyl groups excluding tert-OH is 1. The Morgan fingerprint density at radius 2 is 1.57 bits per heavy atom. The van der Waals surface area contributed by atoms with Crippen LogP contribution in [0.2, 0.25) is 0 Å². The summed E-state index contributed by atoms with van der Waals surface area (Å²) in [5.41, 5.74) is 1.25. The van der Waals surface area contributed by atoms with Gasteiger partial charge in [0.15, 0.2) is 12.3 Å². The maximum Gasteiger partial charge on any atom is 0.362 e. The summed E-state index contributed by atoms with van der Waals surface area (Å²) in [5, 5.41) is 23.5. The van der Waals surface area contributed by atoms with Crippen molar-refractivity contribution in [2.75, 3.05) is 54.8 Å². The van der Waals surface area contributed by atoms with Crippen molar-refractivity contribution in [2.45, 2.75) is 180 Å². The number of hydrogen-bond donors (Lipinski definition) is 3. The van der Waals surface area contributed by atoms with Crippen LogP contribution in [0.25, 0.3) is 0 Å². The Morgan fingerprint density at radius 1 is 0.895 bits per heavy atom. The second-order valence-electron chi connectivity index (χ2n) is 22.1. The van der Waals surface area contributed by atoms with Gasteiger partial charge in [-0.25, -0.2) is 18.0 Å². The minimum absolute atomic E-state index is 0.00897. The Morgan fingerprint density at radius 3 is 2.18 bits per heavy atom. The number of methoxy groups -OCH3 is 3. The lowest BCUT2D eigenvalue weighted by Gasteiger charge is -2.42. The molecule has 0 radical (unpaired) electrons. The molecule has 0 aromatic rings. The molecule has 76 heavy (non-hydrogen) atoms. The maximum atomic E-state index is 14.5. The Hall–Kier alpha value is -3.99. The molecule has 3 heterocycles. The van der Waals surface area contributed by atoms with E-state index in [1.54, 1.807) is 41.1 Å². The third-order valence-electron chi connectivity index (χ3n) is 15.2. The number of ether oxygens (including phenoxy) is 6. The number of allylic oxidation sites excluding steroid dienone is 6. The fourth-order valence-electron chi connectivity index (χ4n) is 10.7. The van der Waals surface area contributed by atoms with Crippen LogP contribution in [0.1, 0.15) is 126 Å². The van der Waals surface area contributed by atoms with Crippen LogP contribution >= 0.6 is 0 Å². The van der Waals surface area contributed by atoms with Crippen LogP contribution in [0.3, 0.4) is 0 Å². The molecular formula is C56H90N2O17S. The van der Waals surface area contributed by atoms with E-state index in [9.17, 15) is 39.0 Å². The first-order valence-electron chi connectivity index (χ1n) is 26.9. The second kappa shape index (κ2) is 31.0. The number of cyclic esters (lactones) is 1. The molecule has 3 aliphatic heterocycles. The monoisotopic (exact) mass is 1090 g/mol. The number of hydrogen-bond acceptors (Lipinski definition) is 17. The van der Waals surface area contributed by atoms with Crippen molar-refractivity contribution < 1.29 is 85.3 Å². The van der Waals surface area contributed by atoms with Gasteiger partial charge in [0, 0.05) is 64.7 Å². The number of Topliss-reactive ketones (excluding diaryl/α,β-unsaturated/α-hetero) is 3. The zero-order valence-electron chi connectivity index (χ0n) is 47.3. The van der Waals surface area contributed by atoms with Gasteiger partial charge in [-0.3, -0.25) is 19.2 Å². The Bertz CT molecular complexity index is 2180. The van der Waals surface area contributed by atoms with Crippen molar-refractivity contribution in [3.05, 3.63) is 47.6 Å². The summed E-state index contributed by atoms with van der Waals surface area (Å²) in [5.74, 6) is -8.49. The quantitative estimate of drug-likeness (QED) is 0.127. The summed E-state index contributed by atoms with van der Waals surface area (Å²) in [6, 6.07) is -1.16. The topological polar surface area (TPSA) is 263 Å². The van der Waals surface area contributed by atoms with E-state index in [0.717, 1.165) is 10.5 Å². The number of nitrogens with zero attached hydrogens (tertiary/aromatic N) is 1. The molecule has 20 heteroatoms. The van der Waals surface area contributed by atoms with Crippen LogP contribution < -0.4 is 4.90 Å². The molecule has 1 aliphatic carbocycles. The van der Waals surface area contributed by atoms with Crippen LogP contribution in [0.5, 0.6) is 0 Å². The fourth-order valence-corrected chi connectivity index (χ4v) is 10.7. The van der Waals surface area contributed by atoms with Gasteiger partial charge in [0.05, 0.1) is 42.5 Å². The Kier molecular flexibility index (Phi) is 27.0. The molecule has 3 N–H and O–H groups in total.